The summed E-state index contributed by atoms with van der Waals surface area (Å²) in [5.41, 5.74) is 0. The molecule has 2 N–H and O–H groups in total. The number of hydrogen-bond acceptors (Lipinski definition) is 3. The molecule has 0 bridgehead atoms. The maximum atomic E-state index is 10.9. The molecule has 13 heavy (non-hydrogen) atoms. The molecule has 0 aromatic rings. The second kappa shape index (κ2) is 5.80. The molecule has 1 atom stereocenters. The van der Waals surface area contributed by atoms with Crippen molar-refractivity contribution in [3.05, 3.63) is 0 Å². The van der Waals surface area contributed by atoms with E-state index < -0.39 is 0 Å². The fourth-order valence-corrected chi connectivity index (χ4v) is 1.49. The quantitative estimate of drug-likeness (QED) is 0.687. The van der Waals surface area contributed by atoms with Crippen molar-refractivity contribution in [3.63, 3.8) is 0 Å². The summed E-state index contributed by atoms with van der Waals surface area (Å²) in [6.07, 6.45) is 3.33. The molecule has 1 rings (SSSR count). The Bertz CT molecular complexity index is 156. The lowest BCUT2D eigenvalue weighted by molar-refractivity contribution is 0.150. The van der Waals surface area contributed by atoms with Gasteiger partial charge in [-0.15, -0.1) is 0 Å². The summed E-state index contributed by atoms with van der Waals surface area (Å²) in [4.78, 5) is 10.9. The van der Waals surface area contributed by atoms with Gasteiger partial charge in [-0.05, 0) is 26.3 Å². The molecule has 1 heterocycles. The Morgan fingerprint density at radius 1 is 1.62 bits per heavy atom. The summed E-state index contributed by atoms with van der Waals surface area (Å²) >= 11 is 0. The van der Waals surface area contributed by atoms with E-state index in [9.17, 15) is 4.79 Å². The lowest BCUT2D eigenvalue weighted by Crippen LogP contribution is -2.43. The third kappa shape index (κ3) is 4.12. The van der Waals surface area contributed by atoms with Crippen molar-refractivity contribution in [2.75, 3.05) is 19.7 Å². The molecule has 1 aliphatic rings. The van der Waals surface area contributed by atoms with Crippen molar-refractivity contribution in [2.24, 2.45) is 0 Å². The lowest BCUT2D eigenvalue weighted by Gasteiger charge is -2.23. The first-order chi connectivity index (χ1) is 6.33. The van der Waals surface area contributed by atoms with E-state index in [1.54, 1.807) is 6.92 Å². The van der Waals surface area contributed by atoms with Crippen LogP contribution in [-0.2, 0) is 4.74 Å². The Hall–Kier alpha value is -0.770. The average molecular weight is 186 g/mol. The smallest absolute Gasteiger partial charge is 0.407 e. The molecular formula is C9H18N2O2. The van der Waals surface area contributed by atoms with Gasteiger partial charge in [0, 0.05) is 12.6 Å². The molecule has 1 aliphatic heterocycles. The fourth-order valence-electron chi connectivity index (χ4n) is 1.49. The summed E-state index contributed by atoms with van der Waals surface area (Å²) in [6.45, 7) is 3.98. The van der Waals surface area contributed by atoms with Gasteiger partial charge in [0.2, 0.25) is 0 Å². The van der Waals surface area contributed by atoms with Gasteiger partial charge >= 0.3 is 6.09 Å². The number of hydrogen-bond donors (Lipinski definition) is 2. The van der Waals surface area contributed by atoms with Gasteiger partial charge in [-0.2, -0.15) is 0 Å². The summed E-state index contributed by atoms with van der Waals surface area (Å²) in [7, 11) is 0. The number of amides is 1. The Kier molecular flexibility index (Phi) is 4.60. The second-order valence-corrected chi connectivity index (χ2v) is 3.25. The number of piperidine rings is 1. The van der Waals surface area contributed by atoms with Crippen molar-refractivity contribution in [3.8, 4) is 0 Å². The van der Waals surface area contributed by atoms with E-state index in [4.69, 9.17) is 4.74 Å². The minimum atomic E-state index is -0.310. The highest BCUT2D eigenvalue weighted by molar-refractivity contribution is 5.67. The zero-order valence-electron chi connectivity index (χ0n) is 8.14. The molecule has 0 unspecified atom stereocenters. The predicted octanol–water partition coefficient (Wildman–Crippen LogP) is 0.875. The van der Waals surface area contributed by atoms with Crippen LogP contribution in [0.5, 0.6) is 0 Å². The molecule has 0 aliphatic carbocycles. The SMILES string of the molecule is CCOC(=O)NC[C@@H]1CCCCN1. The molecule has 1 fully saturated rings. The monoisotopic (exact) mass is 186 g/mol. The summed E-state index contributed by atoms with van der Waals surface area (Å²) in [5.74, 6) is 0. The molecule has 1 saturated heterocycles. The summed E-state index contributed by atoms with van der Waals surface area (Å²) in [5, 5.41) is 6.08. The zero-order valence-corrected chi connectivity index (χ0v) is 8.14. The second-order valence-electron chi connectivity index (χ2n) is 3.25. The fraction of sp³-hybridized carbons (Fsp3) is 0.889. The molecule has 4 heteroatoms. The van der Waals surface area contributed by atoms with Crippen LogP contribution in [0.25, 0.3) is 0 Å². The maximum Gasteiger partial charge on any atom is 0.407 e. The van der Waals surface area contributed by atoms with E-state index in [0.717, 1.165) is 13.0 Å². The molecule has 1 amide bonds. The van der Waals surface area contributed by atoms with Crippen LogP contribution in [0.2, 0.25) is 0 Å². The van der Waals surface area contributed by atoms with Crippen LogP contribution in [0.15, 0.2) is 0 Å². The van der Waals surface area contributed by atoms with Crippen LogP contribution < -0.4 is 10.6 Å². The van der Waals surface area contributed by atoms with Crippen molar-refractivity contribution >= 4 is 6.09 Å². The van der Waals surface area contributed by atoms with E-state index in [-0.39, 0.29) is 6.09 Å². The highest BCUT2D eigenvalue weighted by Gasteiger charge is 2.13. The number of ether oxygens (including phenoxy) is 1. The molecule has 0 spiro atoms. The summed E-state index contributed by atoms with van der Waals surface area (Å²) in [6, 6.07) is 0.429. The molecule has 0 radical (unpaired) electrons. The van der Waals surface area contributed by atoms with Gasteiger partial charge in [-0.25, -0.2) is 4.79 Å². The standard InChI is InChI=1S/C9H18N2O2/c1-2-13-9(12)11-7-8-5-3-4-6-10-8/h8,10H,2-7H2,1H3,(H,11,12)/t8-/m0/s1. The van der Waals surface area contributed by atoms with Gasteiger partial charge in [0.1, 0.15) is 0 Å². The van der Waals surface area contributed by atoms with E-state index in [1.807, 2.05) is 0 Å². The van der Waals surface area contributed by atoms with Crippen LogP contribution in [0.3, 0.4) is 0 Å². The first-order valence-corrected chi connectivity index (χ1v) is 4.97. The topological polar surface area (TPSA) is 50.4 Å². The van der Waals surface area contributed by atoms with Crippen molar-refractivity contribution in [2.45, 2.75) is 32.2 Å². The van der Waals surface area contributed by atoms with E-state index in [2.05, 4.69) is 10.6 Å². The Balaban J connectivity index is 2.06. The highest BCUT2D eigenvalue weighted by atomic mass is 16.5. The van der Waals surface area contributed by atoms with Gasteiger partial charge in [0.15, 0.2) is 0 Å². The first kappa shape index (κ1) is 10.3. The number of nitrogens with one attached hydrogen (secondary N) is 2. The predicted molar refractivity (Wildman–Crippen MR) is 50.7 cm³/mol. The van der Waals surface area contributed by atoms with Gasteiger partial charge in [0.25, 0.3) is 0 Å². The van der Waals surface area contributed by atoms with Crippen molar-refractivity contribution in [1.29, 1.82) is 0 Å². The van der Waals surface area contributed by atoms with Gasteiger partial charge < -0.3 is 15.4 Å². The Morgan fingerprint density at radius 2 is 2.46 bits per heavy atom. The highest BCUT2D eigenvalue weighted by Crippen LogP contribution is 2.05. The third-order valence-electron chi connectivity index (χ3n) is 2.18. The number of alkyl carbamates (subject to hydrolysis) is 1. The zero-order chi connectivity index (χ0) is 9.52. The van der Waals surface area contributed by atoms with Gasteiger partial charge in [0.05, 0.1) is 6.61 Å². The Morgan fingerprint density at radius 3 is 3.08 bits per heavy atom. The molecule has 0 aromatic heterocycles. The van der Waals surface area contributed by atoms with Gasteiger partial charge in [-0.3, -0.25) is 0 Å². The minimum Gasteiger partial charge on any atom is -0.450 e. The van der Waals surface area contributed by atoms with E-state index >= 15 is 0 Å². The van der Waals surface area contributed by atoms with Crippen LogP contribution in [0.4, 0.5) is 4.79 Å². The molecule has 76 valence electrons. The number of carbonyl (C=O) groups is 1. The van der Waals surface area contributed by atoms with Crippen LogP contribution in [-0.4, -0.2) is 31.8 Å². The third-order valence-corrected chi connectivity index (χ3v) is 2.18. The van der Waals surface area contributed by atoms with Crippen molar-refractivity contribution < 1.29 is 9.53 Å². The number of carbonyl (C=O) groups excluding carboxylic acids is 1. The van der Waals surface area contributed by atoms with E-state index in [1.165, 1.54) is 12.8 Å². The summed E-state index contributed by atoms with van der Waals surface area (Å²) < 4.78 is 4.76. The normalized spacial score (nSPS) is 22.4. The van der Waals surface area contributed by atoms with Crippen LogP contribution in [0, 0.1) is 0 Å². The molecule has 0 aromatic carbocycles. The average Bonchev–Trinajstić information content (AvgIpc) is 2.17. The van der Waals surface area contributed by atoms with Crippen molar-refractivity contribution in [1.82, 2.24) is 10.6 Å². The van der Waals surface area contributed by atoms with Gasteiger partial charge in [-0.1, -0.05) is 6.42 Å². The van der Waals surface area contributed by atoms with E-state index in [0.29, 0.717) is 19.2 Å². The molecule has 0 saturated carbocycles. The molecular weight excluding hydrogens is 168 g/mol. The molecule has 4 nitrogen and oxygen atoms in total. The lowest BCUT2D eigenvalue weighted by atomic mass is 10.1. The Labute approximate surface area is 79.0 Å². The largest absolute Gasteiger partial charge is 0.450 e. The van der Waals surface area contributed by atoms with Crippen LogP contribution >= 0.6 is 0 Å². The minimum absolute atomic E-state index is 0.310. The van der Waals surface area contributed by atoms with Crippen LogP contribution in [0.1, 0.15) is 26.2 Å². The maximum absolute atomic E-state index is 10.9. The first-order valence-electron chi connectivity index (χ1n) is 4.97. The number of rotatable bonds is 3.